The number of hydrogen-bond acceptors (Lipinski definition) is 4. The Labute approximate surface area is 121 Å². The van der Waals surface area contributed by atoms with Crippen molar-refractivity contribution in [3.05, 3.63) is 46.5 Å². The van der Waals surface area contributed by atoms with Crippen molar-refractivity contribution in [3.63, 3.8) is 0 Å². The van der Waals surface area contributed by atoms with Crippen molar-refractivity contribution in [2.45, 2.75) is 25.4 Å². The summed E-state index contributed by atoms with van der Waals surface area (Å²) in [4.78, 5) is 7.00. The van der Waals surface area contributed by atoms with E-state index in [1.165, 1.54) is 28.9 Å². The lowest BCUT2D eigenvalue weighted by Gasteiger charge is -2.22. The second kappa shape index (κ2) is 5.00. The van der Waals surface area contributed by atoms with Crippen LogP contribution in [0, 0.1) is 0 Å². The highest BCUT2D eigenvalue weighted by Crippen LogP contribution is 2.34. The Bertz CT molecular complexity index is 704. The van der Waals surface area contributed by atoms with Crippen LogP contribution in [0.25, 0.3) is 10.9 Å². The van der Waals surface area contributed by atoms with E-state index in [2.05, 4.69) is 43.7 Å². The van der Waals surface area contributed by atoms with E-state index in [0.29, 0.717) is 6.04 Å². The highest BCUT2D eigenvalue weighted by molar-refractivity contribution is 7.09. The first-order valence-electron chi connectivity index (χ1n) is 6.97. The van der Waals surface area contributed by atoms with Gasteiger partial charge >= 0.3 is 0 Å². The summed E-state index contributed by atoms with van der Waals surface area (Å²) in [5.41, 5.74) is 2.26. The van der Waals surface area contributed by atoms with Crippen molar-refractivity contribution in [1.29, 1.82) is 0 Å². The molecule has 0 bridgehead atoms. The zero-order chi connectivity index (χ0) is 13.4. The SMILES string of the molecule is c1ccc2c(CN3CCCC3c3nccs3)[nH]nc2c1. The molecular weight excluding hydrogens is 268 g/mol. The summed E-state index contributed by atoms with van der Waals surface area (Å²) in [6.45, 7) is 2.06. The molecule has 2 aromatic heterocycles. The van der Waals surface area contributed by atoms with Gasteiger partial charge in [0.25, 0.3) is 0 Å². The molecule has 102 valence electrons. The second-order valence-corrected chi connectivity index (χ2v) is 6.14. The van der Waals surface area contributed by atoms with Crippen LogP contribution in [0.15, 0.2) is 35.8 Å². The molecule has 1 atom stereocenters. The number of likely N-dealkylation sites (tertiary alicyclic amines) is 1. The number of benzene rings is 1. The normalized spacial score (nSPS) is 19.9. The Hall–Kier alpha value is -1.72. The number of nitrogens with zero attached hydrogens (tertiary/aromatic N) is 3. The van der Waals surface area contributed by atoms with E-state index in [0.717, 1.165) is 18.6 Å². The predicted octanol–water partition coefficient (Wildman–Crippen LogP) is 3.36. The highest BCUT2D eigenvalue weighted by Gasteiger charge is 2.28. The number of fused-ring (bicyclic) bond motifs is 1. The number of para-hydroxylation sites is 1. The topological polar surface area (TPSA) is 44.8 Å². The van der Waals surface area contributed by atoms with Gasteiger partial charge in [-0.2, -0.15) is 5.10 Å². The van der Waals surface area contributed by atoms with E-state index >= 15 is 0 Å². The molecule has 0 amide bonds. The highest BCUT2D eigenvalue weighted by atomic mass is 32.1. The Balaban J connectivity index is 1.62. The van der Waals surface area contributed by atoms with Gasteiger partial charge in [0.1, 0.15) is 5.01 Å². The molecular formula is C15H16N4S. The predicted molar refractivity (Wildman–Crippen MR) is 80.6 cm³/mol. The minimum Gasteiger partial charge on any atom is -0.288 e. The number of aromatic nitrogens is 3. The van der Waals surface area contributed by atoms with Gasteiger partial charge in [0.15, 0.2) is 0 Å². The fourth-order valence-corrected chi connectivity index (χ4v) is 3.84. The molecule has 4 nitrogen and oxygen atoms in total. The Kier molecular flexibility index (Phi) is 3.01. The van der Waals surface area contributed by atoms with Crippen molar-refractivity contribution in [3.8, 4) is 0 Å². The molecule has 3 heterocycles. The summed E-state index contributed by atoms with van der Waals surface area (Å²) >= 11 is 1.76. The molecule has 0 aliphatic carbocycles. The van der Waals surface area contributed by atoms with Gasteiger partial charge in [-0.25, -0.2) is 4.98 Å². The molecule has 1 unspecified atom stereocenters. The van der Waals surface area contributed by atoms with Crippen LogP contribution < -0.4 is 0 Å². The van der Waals surface area contributed by atoms with Gasteiger partial charge in [-0.05, 0) is 25.5 Å². The van der Waals surface area contributed by atoms with Crippen LogP contribution in [0.3, 0.4) is 0 Å². The molecule has 0 radical (unpaired) electrons. The van der Waals surface area contributed by atoms with E-state index in [1.807, 2.05) is 12.3 Å². The third kappa shape index (κ3) is 2.03. The summed E-state index contributed by atoms with van der Waals surface area (Å²) in [6, 6.07) is 8.77. The maximum Gasteiger partial charge on any atom is 0.110 e. The lowest BCUT2D eigenvalue weighted by Crippen LogP contribution is -2.23. The van der Waals surface area contributed by atoms with Crippen LogP contribution in [-0.4, -0.2) is 26.6 Å². The van der Waals surface area contributed by atoms with Crippen molar-refractivity contribution < 1.29 is 0 Å². The first-order chi connectivity index (χ1) is 9.92. The largest absolute Gasteiger partial charge is 0.288 e. The van der Waals surface area contributed by atoms with Gasteiger partial charge in [0.05, 0.1) is 17.3 Å². The van der Waals surface area contributed by atoms with Gasteiger partial charge < -0.3 is 0 Å². The molecule has 20 heavy (non-hydrogen) atoms. The summed E-state index contributed by atoms with van der Waals surface area (Å²) < 4.78 is 0. The standard InChI is InChI=1S/C15H16N4S/c1-2-5-12-11(4-1)13(18-17-12)10-19-8-3-6-14(19)15-16-7-9-20-15/h1-2,4-5,7,9,14H,3,6,8,10H2,(H,17,18). The second-order valence-electron chi connectivity index (χ2n) is 5.22. The van der Waals surface area contributed by atoms with Crippen molar-refractivity contribution in [1.82, 2.24) is 20.1 Å². The fraction of sp³-hybridized carbons (Fsp3) is 0.333. The van der Waals surface area contributed by atoms with E-state index in [4.69, 9.17) is 0 Å². The first-order valence-corrected chi connectivity index (χ1v) is 7.85. The first kappa shape index (κ1) is 12.1. The zero-order valence-corrected chi connectivity index (χ0v) is 11.9. The lowest BCUT2D eigenvalue weighted by atomic mass is 10.2. The third-order valence-electron chi connectivity index (χ3n) is 4.00. The van der Waals surface area contributed by atoms with Crippen LogP contribution >= 0.6 is 11.3 Å². The minimum absolute atomic E-state index is 0.470. The number of aromatic amines is 1. The van der Waals surface area contributed by atoms with Crippen molar-refractivity contribution in [2.75, 3.05) is 6.54 Å². The van der Waals surface area contributed by atoms with Gasteiger partial charge in [-0.3, -0.25) is 10.00 Å². The van der Waals surface area contributed by atoms with E-state index in [-0.39, 0.29) is 0 Å². The van der Waals surface area contributed by atoms with Crippen LogP contribution in [0.5, 0.6) is 0 Å². The monoisotopic (exact) mass is 284 g/mol. The molecule has 4 rings (SSSR count). The molecule has 1 fully saturated rings. The van der Waals surface area contributed by atoms with Crippen molar-refractivity contribution >= 4 is 22.2 Å². The molecule has 0 spiro atoms. The number of H-pyrrole nitrogens is 1. The quantitative estimate of drug-likeness (QED) is 0.802. The Morgan fingerprint density at radius 3 is 3.20 bits per heavy atom. The number of hydrogen-bond donors (Lipinski definition) is 1. The van der Waals surface area contributed by atoms with E-state index in [1.54, 1.807) is 11.3 Å². The van der Waals surface area contributed by atoms with Crippen molar-refractivity contribution in [2.24, 2.45) is 0 Å². The van der Waals surface area contributed by atoms with Crippen LogP contribution in [0.1, 0.15) is 29.6 Å². The average molecular weight is 284 g/mol. The summed E-state index contributed by atoms with van der Waals surface area (Å²) in [7, 11) is 0. The molecule has 5 heteroatoms. The smallest absolute Gasteiger partial charge is 0.110 e. The summed E-state index contributed by atoms with van der Waals surface area (Å²) in [5.74, 6) is 0. The van der Waals surface area contributed by atoms with E-state index in [9.17, 15) is 0 Å². The van der Waals surface area contributed by atoms with Crippen LogP contribution in [-0.2, 0) is 6.54 Å². The van der Waals surface area contributed by atoms with Crippen LogP contribution in [0.4, 0.5) is 0 Å². The molecule has 0 saturated carbocycles. The number of nitrogens with one attached hydrogen (secondary N) is 1. The molecule has 1 aromatic carbocycles. The number of rotatable bonds is 3. The minimum atomic E-state index is 0.470. The molecule has 1 aliphatic rings. The molecule has 3 aromatic rings. The molecule has 1 N–H and O–H groups in total. The van der Waals surface area contributed by atoms with Gasteiger partial charge in [-0.15, -0.1) is 11.3 Å². The van der Waals surface area contributed by atoms with Gasteiger partial charge in [-0.1, -0.05) is 18.2 Å². The summed E-state index contributed by atoms with van der Waals surface area (Å²) in [6.07, 6.45) is 4.36. The number of thiazole rings is 1. The zero-order valence-electron chi connectivity index (χ0n) is 11.1. The Morgan fingerprint density at radius 1 is 1.35 bits per heavy atom. The maximum atomic E-state index is 4.49. The molecule has 1 saturated heterocycles. The lowest BCUT2D eigenvalue weighted by molar-refractivity contribution is 0.246. The fourth-order valence-electron chi connectivity index (χ4n) is 3.03. The average Bonchev–Trinajstić information content (AvgIpc) is 3.19. The van der Waals surface area contributed by atoms with Gasteiger partial charge in [0.2, 0.25) is 0 Å². The molecule has 1 aliphatic heterocycles. The maximum absolute atomic E-state index is 4.49. The van der Waals surface area contributed by atoms with E-state index < -0.39 is 0 Å². The summed E-state index contributed by atoms with van der Waals surface area (Å²) in [5, 5.41) is 12.1. The third-order valence-corrected chi connectivity index (χ3v) is 4.88. The Morgan fingerprint density at radius 2 is 2.30 bits per heavy atom. The van der Waals surface area contributed by atoms with Crippen LogP contribution in [0.2, 0.25) is 0 Å². The van der Waals surface area contributed by atoms with Gasteiger partial charge in [0, 0.05) is 23.5 Å².